The van der Waals surface area contributed by atoms with Crippen LogP contribution in [0.5, 0.6) is 0 Å². The molecule has 0 amide bonds. The van der Waals surface area contributed by atoms with Crippen molar-refractivity contribution >= 4 is 5.65 Å². The maximum absolute atomic E-state index is 4.43. The van der Waals surface area contributed by atoms with Crippen molar-refractivity contribution in [1.29, 1.82) is 0 Å². The lowest BCUT2D eigenvalue weighted by atomic mass is 10.2. The number of fused-ring (bicyclic) bond motifs is 1. The van der Waals surface area contributed by atoms with Gasteiger partial charge in [-0.3, -0.25) is 4.40 Å². The van der Waals surface area contributed by atoms with Gasteiger partial charge < -0.3 is 0 Å². The zero-order chi connectivity index (χ0) is 11.0. The van der Waals surface area contributed by atoms with Crippen molar-refractivity contribution in [2.24, 2.45) is 0 Å². The molecule has 0 radical (unpaired) electrons. The third-order valence-corrected chi connectivity index (χ3v) is 2.65. The third kappa shape index (κ3) is 1.29. The van der Waals surface area contributed by atoms with Crippen LogP contribution in [-0.2, 0) is 0 Å². The van der Waals surface area contributed by atoms with Crippen LogP contribution in [0.4, 0.5) is 0 Å². The van der Waals surface area contributed by atoms with Crippen molar-refractivity contribution in [3.8, 4) is 11.4 Å². The first-order valence-electron chi connectivity index (χ1n) is 5.21. The molecule has 3 aromatic rings. The monoisotopic (exact) mass is 209 g/mol. The van der Waals surface area contributed by atoms with Gasteiger partial charge >= 0.3 is 0 Å². The first-order chi connectivity index (χ1) is 7.86. The van der Waals surface area contributed by atoms with E-state index in [1.54, 1.807) is 12.4 Å². The number of aryl methyl sites for hydroxylation is 1. The maximum atomic E-state index is 4.43. The van der Waals surface area contributed by atoms with Crippen molar-refractivity contribution in [3.05, 3.63) is 54.5 Å². The lowest BCUT2D eigenvalue weighted by Crippen LogP contribution is -1.95. The fraction of sp³-hybridized carbons (Fsp3) is 0.0769. The predicted molar refractivity (Wildman–Crippen MR) is 63.2 cm³/mol. The van der Waals surface area contributed by atoms with E-state index in [0.717, 1.165) is 22.7 Å². The van der Waals surface area contributed by atoms with Crippen molar-refractivity contribution in [3.63, 3.8) is 0 Å². The predicted octanol–water partition coefficient (Wildman–Crippen LogP) is 2.70. The van der Waals surface area contributed by atoms with Crippen molar-refractivity contribution < 1.29 is 0 Å². The SMILES string of the molecule is Cc1ccnc2cnc(-c3ccccc3)n12. The molecule has 1 aromatic carbocycles. The average Bonchev–Trinajstić information content (AvgIpc) is 2.75. The molecular weight excluding hydrogens is 198 g/mol. The maximum Gasteiger partial charge on any atom is 0.157 e. The molecule has 2 heterocycles. The highest BCUT2D eigenvalue weighted by Gasteiger charge is 2.07. The Kier molecular flexibility index (Phi) is 1.96. The molecule has 3 nitrogen and oxygen atoms in total. The summed E-state index contributed by atoms with van der Waals surface area (Å²) in [6.45, 7) is 2.06. The van der Waals surface area contributed by atoms with Crippen LogP contribution < -0.4 is 0 Å². The van der Waals surface area contributed by atoms with Gasteiger partial charge in [0.2, 0.25) is 0 Å². The summed E-state index contributed by atoms with van der Waals surface area (Å²) in [5, 5.41) is 0. The molecule has 3 heteroatoms. The van der Waals surface area contributed by atoms with E-state index in [1.165, 1.54) is 0 Å². The van der Waals surface area contributed by atoms with Gasteiger partial charge in [-0.05, 0) is 13.0 Å². The Balaban J connectivity index is 2.33. The van der Waals surface area contributed by atoms with Gasteiger partial charge in [0.15, 0.2) is 5.65 Å². The summed E-state index contributed by atoms with van der Waals surface area (Å²) in [4.78, 5) is 8.72. The summed E-state index contributed by atoms with van der Waals surface area (Å²) in [5.41, 5.74) is 3.14. The van der Waals surface area contributed by atoms with E-state index in [4.69, 9.17) is 0 Å². The van der Waals surface area contributed by atoms with Crippen molar-refractivity contribution in [2.75, 3.05) is 0 Å². The standard InChI is InChI=1S/C13H11N3/c1-10-7-8-14-12-9-15-13(16(10)12)11-5-3-2-4-6-11/h2-9H,1H3. The van der Waals surface area contributed by atoms with E-state index in [1.807, 2.05) is 24.3 Å². The Hall–Kier alpha value is -2.16. The van der Waals surface area contributed by atoms with Crippen molar-refractivity contribution in [1.82, 2.24) is 14.4 Å². The first-order valence-corrected chi connectivity index (χ1v) is 5.21. The Morgan fingerprint density at radius 1 is 1.00 bits per heavy atom. The van der Waals surface area contributed by atoms with Crippen LogP contribution in [0.15, 0.2) is 48.8 Å². The number of aromatic nitrogens is 3. The molecule has 0 atom stereocenters. The fourth-order valence-electron chi connectivity index (χ4n) is 1.87. The third-order valence-electron chi connectivity index (χ3n) is 2.65. The van der Waals surface area contributed by atoms with Gasteiger partial charge in [-0.2, -0.15) is 0 Å². The minimum absolute atomic E-state index is 0.888. The Morgan fingerprint density at radius 3 is 2.62 bits per heavy atom. The van der Waals surface area contributed by atoms with Crippen LogP contribution in [0.3, 0.4) is 0 Å². The molecule has 0 saturated heterocycles. The molecule has 0 N–H and O–H groups in total. The summed E-state index contributed by atoms with van der Waals surface area (Å²) in [6.07, 6.45) is 3.61. The zero-order valence-electron chi connectivity index (χ0n) is 8.96. The molecule has 78 valence electrons. The average molecular weight is 209 g/mol. The van der Waals surface area contributed by atoms with Crippen LogP contribution >= 0.6 is 0 Å². The molecule has 0 aliphatic heterocycles. The second kappa shape index (κ2) is 3.45. The van der Waals surface area contributed by atoms with E-state index in [9.17, 15) is 0 Å². The van der Waals surface area contributed by atoms with Gasteiger partial charge in [0, 0.05) is 17.5 Å². The molecule has 0 aliphatic carbocycles. The summed E-state index contributed by atoms with van der Waals surface area (Å²) in [6, 6.07) is 12.1. The molecule has 2 aromatic heterocycles. The van der Waals surface area contributed by atoms with Crippen molar-refractivity contribution in [2.45, 2.75) is 6.92 Å². The molecule has 0 fully saturated rings. The number of benzene rings is 1. The molecule has 0 spiro atoms. The highest BCUT2D eigenvalue weighted by atomic mass is 15.1. The second-order valence-corrected chi connectivity index (χ2v) is 3.73. The number of rotatable bonds is 1. The smallest absolute Gasteiger partial charge is 0.157 e. The molecule has 16 heavy (non-hydrogen) atoms. The number of hydrogen-bond donors (Lipinski definition) is 0. The Labute approximate surface area is 93.4 Å². The highest BCUT2D eigenvalue weighted by molar-refractivity contribution is 5.60. The van der Waals surface area contributed by atoms with E-state index >= 15 is 0 Å². The van der Waals surface area contributed by atoms with Crippen LogP contribution in [0.25, 0.3) is 17.0 Å². The van der Waals surface area contributed by atoms with Crippen LogP contribution in [0, 0.1) is 6.92 Å². The van der Waals surface area contributed by atoms with Gasteiger partial charge in [-0.15, -0.1) is 0 Å². The van der Waals surface area contributed by atoms with Gasteiger partial charge in [0.1, 0.15) is 5.82 Å². The number of nitrogens with zero attached hydrogens (tertiary/aromatic N) is 3. The summed E-state index contributed by atoms with van der Waals surface area (Å²) in [5.74, 6) is 0.946. The lowest BCUT2D eigenvalue weighted by Gasteiger charge is -2.03. The molecule has 0 bridgehead atoms. The van der Waals surface area contributed by atoms with Gasteiger partial charge in [-0.1, -0.05) is 30.3 Å². The fourth-order valence-corrected chi connectivity index (χ4v) is 1.87. The van der Waals surface area contributed by atoms with E-state index in [-0.39, 0.29) is 0 Å². The Bertz CT molecular complexity index is 626. The van der Waals surface area contributed by atoms with E-state index in [0.29, 0.717) is 0 Å². The van der Waals surface area contributed by atoms with Gasteiger partial charge in [0.25, 0.3) is 0 Å². The minimum Gasteiger partial charge on any atom is -0.281 e. The topological polar surface area (TPSA) is 30.2 Å². The number of hydrogen-bond acceptors (Lipinski definition) is 2. The second-order valence-electron chi connectivity index (χ2n) is 3.73. The summed E-state index contributed by atoms with van der Waals surface area (Å²) in [7, 11) is 0. The molecule has 0 unspecified atom stereocenters. The largest absolute Gasteiger partial charge is 0.281 e. The zero-order valence-corrected chi connectivity index (χ0v) is 8.96. The minimum atomic E-state index is 0.888. The van der Waals surface area contributed by atoms with Crippen LogP contribution in [0.1, 0.15) is 5.69 Å². The molecular formula is C13H11N3. The lowest BCUT2D eigenvalue weighted by molar-refractivity contribution is 1.05. The summed E-state index contributed by atoms with van der Waals surface area (Å²) >= 11 is 0. The van der Waals surface area contributed by atoms with Gasteiger partial charge in [0.05, 0.1) is 6.20 Å². The van der Waals surface area contributed by atoms with Gasteiger partial charge in [-0.25, -0.2) is 9.97 Å². The van der Waals surface area contributed by atoms with Crippen LogP contribution in [-0.4, -0.2) is 14.4 Å². The normalized spacial score (nSPS) is 10.8. The van der Waals surface area contributed by atoms with E-state index in [2.05, 4.69) is 33.4 Å². The van der Waals surface area contributed by atoms with Crippen LogP contribution in [0.2, 0.25) is 0 Å². The quantitative estimate of drug-likeness (QED) is 0.616. The number of imidazole rings is 1. The highest BCUT2D eigenvalue weighted by Crippen LogP contribution is 2.19. The molecule has 0 saturated carbocycles. The molecule has 0 aliphatic rings. The Morgan fingerprint density at radius 2 is 1.81 bits per heavy atom. The molecule has 3 rings (SSSR count). The first kappa shape index (κ1) is 9.09. The van der Waals surface area contributed by atoms with E-state index < -0.39 is 0 Å². The summed E-state index contributed by atoms with van der Waals surface area (Å²) < 4.78 is 2.06.